The first-order valence-corrected chi connectivity index (χ1v) is 6.35. The van der Waals surface area contributed by atoms with Crippen LogP contribution in [-0.2, 0) is 0 Å². The molecule has 0 atom stereocenters. The van der Waals surface area contributed by atoms with E-state index in [1.165, 1.54) is 24.2 Å². The van der Waals surface area contributed by atoms with E-state index in [0.717, 1.165) is 11.9 Å². The molecule has 1 saturated carbocycles. The summed E-state index contributed by atoms with van der Waals surface area (Å²) in [4.78, 5) is 13.2. The molecule has 1 aliphatic rings. The third-order valence-electron chi connectivity index (χ3n) is 2.87. The zero-order chi connectivity index (χ0) is 11.8. The van der Waals surface area contributed by atoms with E-state index in [1.807, 2.05) is 0 Å². The summed E-state index contributed by atoms with van der Waals surface area (Å²) < 4.78 is 0. The van der Waals surface area contributed by atoms with Crippen LogP contribution in [0.15, 0.2) is 12.3 Å². The molecule has 0 unspecified atom stereocenters. The largest absolute Gasteiger partial charge is 0.397 e. The van der Waals surface area contributed by atoms with Crippen LogP contribution in [0.3, 0.4) is 0 Å². The zero-order valence-corrected chi connectivity index (χ0v) is 9.96. The normalized spacial score (nSPS) is 15.1. The van der Waals surface area contributed by atoms with Gasteiger partial charge in [0.15, 0.2) is 0 Å². The predicted molar refractivity (Wildman–Crippen MR) is 66.9 cm³/mol. The van der Waals surface area contributed by atoms with E-state index in [4.69, 9.17) is 5.73 Å². The van der Waals surface area contributed by atoms with Crippen molar-refractivity contribution in [2.75, 3.05) is 12.3 Å². The van der Waals surface area contributed by atoms with Crippen molar-refractivity contribution in [1.29, 1.82) is 0 Å². The topological polar surface area (TPSA) is 80.9 Å². The van der Waals surface area contributed by atoms with Gasteiger partial charge in [-0.1, -0.05) is 0 Å². The standard InChI is InChI=1S/C11H12N4OS/c12-8-7-3-4-14-15-11(7)17-9(8)10(16)13-5-6-1-2-6/h3-4,6H,1-2,5,12H2,(H,13,16). The SMILES string of the molecule is Nc1c(C(=O)NCC2CC2)sc2nnccc12. The lowest BCUT2D eigenvalue weighted by atomic mass is 10.3. The van der Waals surface area contributed by atoms with Gasteiger partial charge in [0.2, 0.25) is 0 Å². The second-order valence-corrected chi connectivity index (χ2v) is 5.25. The molecule has 2 heterocycles. The quantitative estimate of drug-likeness (QED) is 0.860. The molecule has 0 aliphatic heterocycles. The average Bonchev–Trinajstić information content (AvgIpc) is 3.11. The molecule has 0 aromatic carbocycles. The van der Waals surface area contributed by atoms with Gasteiger partial charge in [0.05, 0.1) is 11.9 Å². The summed E-state index contributed by atoms with van der Waals surface area (Å²) in [5, 5.41) is 11.5. The molecule has 1 aliphatic carbocycles. The summed E-state index contributed by atoms with van der Waals surface area (Å²) in [5.74, 6) is 0.562. The van der Waals surface area contributed by atoms with Crippen LogP contribution < -0.4 is 11.1 Å². The van der Waals surface area contributed by atoms with Crippen LogP contribution in [0.25, 0.3) is 10.2 Å². The van der Waals surface area contributed by atoms with Crippen molar-refractivity contribution in [3.63, 3.8) is 0 Å². The molecule has 0 radical (unpaired) electrons. The lowest BCUT2D eigenvalue weighted by Gasteiger charge is -2.02. The summed E-state index contributed by atoms with van der Waals surface area (Å²) in [7, 11) is 0. The molecule has 2 aromatic rings. The highest BCUT2D eigenvalue weighted by Crippen LogP contribution is 2.32. The molecule has 1 fully saturated rings. The highest BCUT2D eigenvalue weighted by atomic mass is 32.1. The van der Waals surface area contributed by atoms with Crippen molar-refractivity contribution in [3.8, 4) is 0 Å². The Kier molecular flexibility index (Phi) is 2.44. The molecule has 0 bridgehead atoms. The fourth-order valence-corrected chi connectivity index (χ4v) is 2.64. The molecule has 3 N–H and O–H groups in total. The Morgan fingerprint density at radius 2 is 2.41 bits per heavy atom. The Morgan fingerprint density at radius 3 is 3.12 bits per heavy atom. The Balaban J connectivity index is 1.87. The van der Waals surface area contributed by atoms with Crippen molar-refractivity contribution in [2.45, 2.75) is 12.8 Å². The number of carbonyl (C=O) groups is 1. The van der Waals surface area contributed by atoms with Gasteiger partial charge in [0.25, 0.3) is 5.91 Å². The Morgan fingerprint density at radius 1 is 1.59 bits per heavy atom. The van der Waals surface area contributed by atoms with Crippen molar-refractivity contribution in [2.24, 2.45) is 5.92 Å². The van der Waals surface area contributed by atoms with Gasteiger partial charge in [-0.05, 0) is 24.8 Å². The smallest absolute Gasteiger partial charge is 0.263 e. The molecule has 3 rings (SSSR count). The van der Waals surface area contributed by atoms with Gasteiger partial charge in [-0.2, -0.15) is 5.10 Å². The van der Waals surface area contributed by atoms with E-state index < -0.39 is 0 Å². The lowest BCUT2D eigenvalue weighted by Crippen LogP contribution is -2.25. The second kappa shape index (κ2) is 3.96. The van der Waals surface area contributed by atoms with Gasteiger partial charge in [-0.15, -0.1) is 16.4 Å². The van der Waals surface area contributed by atoms with E-state index >= 15 is 0 Å². The molecule has 6 heteroatoms. The van der Waals surface area contributed by atoms with E-state index in [-0.39, 0.29) is 5.91 Å². The number of nitrogens with zero attached hydrogens (tertiary/aromatic N) is 2. The highest BCUT2D eigenvalue weighted by Gasteiger charge is 2.23. The maximum absolute atomic E-state index is 11.9. The van der Waals surface area contributed by atoms with Gasteiger partial charge in [0, 0.05) is 11.9 Å². The minimum absolute atomic E-state index is 0.0996. The molecule has 2 aromatic heterocycles. The van der Waals surface area contributed by atoms with E-state index in [2.05, 4.69) is 15.5 Å². The molecule has 1 amide bonds. The van der Waals surface area contributed by atoms with Gasteiger partial charge >= 0.3 is 0 Å². The molecule has 5 nitrogen and oxygen atoms in total. The van der Waals surface area contributed by atoms with Gasteiger partial charge < -0.3 is 11.1 Å². The first kappa shape index (κ1) is 10.5. The van der Waals surface area contributed by atoms with Crippen LogP contribution in [0.2, 0.25) is 0 Å². The van der Waals surface area contributed by atoms with E-state index in [0.29, 0.717) is 21.3 Å². The van der Waals surface area contributed by atoms with Gasteiger partial charge in [-0.3, -0.25) is 4.79 Å². The number of hydrogen-bond donors (Lipinski definition) is 2. The molecular formula is C11H12N4OS. The Labute approximate surface area is 102 Å². The van der Waals surface area contributed by atoms with Crippen molar-refractivity contribution >= 4 is 33.1 Å². The number of nitrogens with two attached hydrogens (primary N) is 1. The minimum atomic E-state index is -0.0996. The number of amides is 1. The number of aromatic nitrogens is 2. The molecule has 17 heavy (non-hydrogen) atoms. The monoisotopic (exact) mass is 248 g/mol. The van der Waals surface area contributed by atoms with Crippen LogP contribution in [-0.4, -0.2) is 22.6 Å². The number of nitrogen functional groups attached to an aromatic ring is 1. The van der Waals surface area contributed by atoms with Crippen LogP contribution in [0.5, 0.6) is 0 Å². The number of thiophene rings is 1. The number of hydrogen-bond acceptors (Lipinski definition) is 5. The lowest BCUT2D eigenvalue weighted by molar-refractivity contribution is 0.0956. The second-order valence-electron chi connectivity index (χ2n) is 4.25. The maximum atomic E-state index is 11.9. The van der Waals surface area contributed by atoms with Crippen LogP contribution in [0, 0.1) is 5.92 Å². The average molecular weight is 248 g/mol. The van der Waals surface area contributed by atoms with Crippen molar-refractivity contribution < 1.29 is 4.79 Å². The third-order valence-corrected chi connectivity index (χ3v) is 3.98. The van der Waals surface area contributed by atoms with Crippen LogP contribution in [0.4, 0.5) is 5.69 Å². The summed E-state index contributed by atoms with van der Waals surface area (Å²) in [6.45, 7) is 0.748. The summed E-state index contributed by atoms with van der Waals surface area (Å²) in [6, 6.07) is 1.78. The summed E-state index contributed by atoms with van der Waals surface area (Å²) >= 11 is 1.29. The predicted octanol–water partition coefficient (Wildman–Crippen LogP) is 1.41. The summed E-state index contributed by atoms with van der Waals surface area (Å²) in [5.41, 5.74) is 6.45. The van der Waals surface area contributed by atoms with Crippen molar-refractivity contribution in [1.82, 2.24) is 15.5 Å². The first-order valence-electron chi connectivity index (χ1n) is 5.53. The number of fused-ring (bicyclic) bond motifs is 1. The molecular weight excluding hydrogens is 236 g/mol. The molecule has 0 saturated heterocycles. The van der Waals surface area contributed by atoms with E-state index in [9.17, 15) is 4.79 Å². The minimum Gasteiger partial charge on any atom is -0.397 e. The number of nitrogens with one attached hydrogen (secondary N) is 1. The van der Waals surface area contributed by atoms with Gasteiger partial charge in [-0.25, -0.2) is 0 Å². The first-order chi connectivity index (χ1) is 8.25. The molecule has 88 valence electrons. The van der Waals surface area contributed by atoms with Crippen LogP contribution in [0.1, 0.15) is 22.5 Å². The summed E-state index contributed by atoms with van der Waals surface area (Å²) in [6.07, 6.45) is 4.01. The third kappa shape index (κ3) is 1.95. The van der Waals surface area contributed by atoms with Crippen molar-refractivity contribution in [3.05, 3.63) is 17.1 Å². The highest BCUT2D eigenvalue weighted by molar-refractivity contribution is 7.21. The number of rotatable bonds is 3. The van der Waals surface area contributed by atoms with Gasteiger partial charge in [0.1, 0.15) is 9.71 Å². The fraction of sp³-hybridized carbons (Fsp3) is 0.364. The molecule has 0 spiro atoms. The zero-order valence-electron chi connectivity index (χ0n) is 9.14. The number of anilines is 1. The fourth-order valence-electron chi connectivity index (χ4n) is 1.68. The van der Waals surface area contributed by atoms with Crippen LogP contribution >= 0.6 is 11.3 Å². The Bertz CT molecular complexity index is 576. The van der Waals surface area contributed by atoms with E-state index in [1.54, 1.807) is 12.3 Å². The Hall–Kier alpha value is -1.69. The number of carbonyl (C=O) groups excluding carboxylic acids is 1. The maximum Gasteiger partial charge on any atom is 0.263 e.